The molecule has 4 amide bonds. The first-order valence-corrected chi connectivity index (χ1v) is 11.4. The van der Waals surface area contributed by atoms with E-state index in [2.05, 4.69) is 21.3 Å². The topological polar surface area (TPSA) is 157 Å². The van der Waals surface area contributed by atoms with E-state index < -0.39 is 42.0 Å². The summed E-state index contributed by atoms with van der Waals surface area (Å²) >= 11 is 0. The predicted octanol–water partition coefficient (Wildman–Crippen LogP) is 0.244. The van der Waals surface area contributed by atoms with Gasteiger partial charge in [0.15, 0.2) is 6.10 Å². The van der Waals surface area contributed by atoms with Crippen molar-refractivity contribution in [2.75, 3.05) is 6.54 Å². The molecule has 1 saturated heterocycles. The van der Waals surface area contributed by atoms with Crippen LogP contribution in [0.2, 0.25) is 0 Å². The van der Waals surface area contributed by atoms with Crippen molar-refractivity contribution in [1.82, 2.24) is 21.3 Å². The van der Waals surface area contributed by atoms with Crippen molar-refractivity contribution in [3.8, 4) is 0 Å². The Labute approximate surface area is 181 Å². The van der Waals surface area contributed by atoms with Crippen molar-refractivity contribution >= 4 is 23.8 Å². The van der Waals surface area contributed by atoms with Crippen LogP contribution in [0, 0.1) is 11.8 Å². The Bertz CT molecular complexity index is 677. The largest absolute Gasteiger partial charge is 0.465 e. The summed E-state index contributed by atoms with van der Waals surface area (Å²) in [6.07, 6.45) is 5.10. The number of hydrogen-bond acceptors (Lipinski definition) is 5. The maximum Gasteiger partial charge on any atom is 0.405 e. The molecule has 0 aromatic rings. The summed E-state index contributed by atoms with van der Waals surface area (Å²) in [7, 11) is 0. The quantitative estimate of drug-likeness (QED) is 0.287. The molecule has 6 N–H and O–H groups in total. The third-order valence-corrected chi connectivity index (χ3v) is 6.51. The fraction of sp³-hybridized carbons (Fsp3) is 0.810. The number of nitrogens with one attached hydrogen (secondary N) is 4. The number of carbonyl (C=O) groups excluding carboxylic acids is 3. The van der Waals surface area contributed by atoms with E-state index in [0.717, 1.165) is 44.9 Å². The van der Waals surface area contributed by atoms with Gasteiger partial charge in [-0.15, -0.1) is 0 Å². The molecule has 0 spiro atoms. The lowest BCUT2D eigenvalue weighted by Gasteiger charge is -2.29. The molecule has 0 aromatic heterocycles. The number of carboxylic acid groups (broad SMARTS) is 1. The van der Waals surface area contributed by atoms with Gasteiger partial charge in [0.25, 0.3) is 5.91 Å². The first-order chi connectivity index (χ1) is 14.8. The minimum Gasteiger partial charge on any atom is -0.465 e. The van der Waals surface area contributed by atoms with Gasteiger partial charge in [-0.05, 0) is 38.0 Å². The van der Waals surface area contributed by atoms with Crippen molar-refractivity contribution in [1.29, 1.82) is 0 Å². The van der Waals surface area contributed by atoms with E-state index in [1.54, 1.807) is 0 Å². The van der Waals surface area contributed by atoms with E-state index >= 15 is 0 Å². The average Bonchev–Trinajstić information content (AvgIpc) is 3.46. The van der Waals surface area contributed by atoms with Crippen molar-refractivity contribution in [3.63, 3.8) is 0 Å². The highest BCUT2D eigenvalue weighted by molar-refractivity contribution is 5.88. The monoisotopic (exact) mass is 438 g/mol. The average molecular weight is 439 g/mol. The Morgan fingerprint density at radius 1 is 0.968 bits per heavy atom. The second-order valence-corrected chi connectivity index (χ2v) is 9.10. The number of rotatable bonds is 10. The summed E-state index contributed by atoms with van der Waals surface area (Å²) in [4.78, 5) is 48.7. The lowest BCUT2D eigenvalue weighted by atomic mass is 9.84. The van der Waals surface area contributed by atoms with E-state index in [1.165, 1.54) is 0 Å². The summed E-state index contributed by atoms with van der Waals surface area (Å²) in [5, 5.41) is 30.3. The van der Waals surface area contributed by atoms with Gasteiger partial charge >= 0.3 is 6.09 Å². The molecule has 0 aromatic carbocycles. The Morgan fingerprint density at radius 3 is 2.26 bits per heavy atom. The van der Waals surface area contributed by atoms with E-state index in [0.29, 0.717) is 19.4 Å². The summed E-state index contributed by atoms with van der Waals surface area (Å²) in [6, 6.07) is -1.91. The van der Waals surface area contributed by atoms with Crippen LogP contribution in [0.3, 0.4) is 0 Å². The molecule has 0 radical (unpaired) electrons. The molecule has 10 heteroatoms. The fourth-order valence-corrected chi connectivity index (χ4v) is 4.56. The molecule has 0 bridgehead atoms. The first kappa shape index (κ1) is 23.3. The van der Waals surface area contributed by atoms with Crippen LogP contribution in [0.25, 0.3) is 0 Å². The highest BCUT2D eigenvalue weighted by atomic mass is 16.4. The number of hydrogen-bond donors (Lipinski definition) is 6. The van der Waals surface area contributed by atoms with Gasteiger partial charge in [-0.2, -0.15) is 0 Å². The second-order valence-electron chi connectivity index (χ2n) is 9.10. The summed E-state index contributed by atoms with van der Waals surface area (Å²) in [5.41, 5.74) is 0. The van der Waals surface area contributed by atoms with Crippen LogP contribution in [0.1, 0.15) is 64.2 Å². The van der Waals surface area contributed by atoms with E-state index in [9.17, 15) is 29.4 Å². The van der Waals surface area contributed by atoms with Gasteiger partial charge < -0.3 is 31.5 Å². The third kappa shape index (κ3) is 7.09. The standard InChI is InChI=1S/C21H34N4O6/c26-17(20(29)23-14-6-7-14)15(11-13-8-9-22-18(13)27)24-19(28)16(25-21(30)31)10-12-4-2-1-3-5-12/h12-17,25-26H,1-11H2,(H,22,27)(H,23,29)(H,24,28)(H,30,31)/t13?,15-,16-,17?/m0/s1. The van der Waals surface area contributed by atoms with Gasteiger partial charge in [0.1, 0.15) is 6.04 Å². The van der Waals surface area contributed by atoms with Crippen LogP contribution in [0.4, 0.5) is 4.79 Å². The molecular weight excluding hydrogens is 404 g/mol. The van der Waals surface area contributed by atoms with Crippen LogP contribution in [-0.4, -0.2) is 64.8 Å². The summed E-state index contributed by atoms with van der Waals surface area (Å²) in [6.45, 7) is 0.513. The molecule has 3 aliphatic rings. The molecule has 1 aliphatic heterocycles. The fourth-order valence-electron chi connectivity index (χ4n) is 4.56. The van der Waals surface area contributed by atoms with Crippen molar-refractivity contribution in [2.24, 2.45) is 11.8 Å². The zero-order valence-corrected chi connectivity index (χ0v) is 17.8. The van der Waals surface area contributed by atoms with Crippen molar-refractivity contribution < 1.29 is 29.4 Å². The van der Waals surface area contributed by atoms with Crippen molar-refractivity contribution in [3.05, 3.63) is 0 Å². The molecule has 174 valence electrons. The number of aliphatic hydroxyl groups excluding tert-OH is 1. The Hall–Kier alpha value is -2.36. The van der Waals surface area contributed by atoms with Crippen LogP contribution in [-0.2, 0) is 14.4 Å². The predicted molar refractivity (Wildman–Crippen MR) is 111 cm³/mol. The zero-order valence-electron chi connectivity index (χ0n) is 17.8. The smallest absolute Gasteiger partial charge is 0.405 e. The maximum atomic E-state index is 13.0. The molecule has 4 atom stereocenters. The molecule has 10 nitrogen and oxygen atoms in total. The molecule has 2 aliphatic carbocycles. The Balaban J connectivity index is 1.67. The van der Waals surface area contributed by atoms with Gasteiger partial charge in [0.2, 0.25) is 11.8 Å². The molecule has 1 heterocycles. The highest BCUT2D eigenvalue weighted by Crippen LogP contribution is 2.28. The molecule has 3 rings (SSSR count). The number of aliphatic hydroxyl groups is 1. The van der Waals surface area contributed by atoms with E-state index in [4.69, 9.17) is 0 Å². The zero-order chi connectivity index (χ0) is 22.4. The molecule has 3 fully saturated rings. The molecular formula is C21H34N4O6. The van der Waals surface area contributed by atoms with Crippen molar-refractivity contribution in [2.45, 2.75) is 88.4 Å². The summed E-state index contributed by atoms with van der Waals surface area (Å²) in [5.74, 6) is -1.50. The van der Waals surface area contributed by atoms with Gasteiger partial charge in [-0.1, -0.05) is 32.1 Å². The number of carbonyl (C=O) groups is 4. The number of amides is 4. The first-order valence-electron chi connectivity index (χ1n) is 11.4. The normalized spacial score (nSPS) is 24.5. The van der Waals surface area contributed by atoms with Crippen LogP contribution >= 0.6 is 0 Å². The Kier molecular flexibility index (Phi) is 8.11. The van der Waals surface area contributed by atoms with Gasteiger partial charge in [-0.25, -0.2) is 4.79 Å². The molecule has 2 unspecified atom stereocenters. The van der Waals surface area contributed by atoms with Gasteiger partial charge in [0, 0.05) is 18.5 Å². The Morgan fingerprint density at radius 2 is 1.68 bits per heavy atom. The SMILES string of the molecule is O=C(O)N[C@@H](CC1CCCCC1)C(=O)N[C@@H](CC1CCNC1=O)C(O)C(=O)NC1CC1. The van der Waals surface area contributed by atoms with Gasteiger partial charge in [-0.3, -0.25) is 14.4 Å². The highest BCUT2D eigenvalue weighted by Gasteiger charge is 2.37. The van der Waals surface area contributed by atoms with Crippen LogP contribution < -0.4 is 21.3 Å². The lowest BCUT2D eigenvalue weighted by molar-refractivity contribution is -0.134. The minimum absolute atomic E-state index is 0.0426. The minimum atomic E-state index is -1.52. The molecule has 31 heavy (non-hydrogen) atoms. The van der Waals surface area contributed by atoms with E-state index in [1.807, 2.05) is 0 Å². The van der Waals surface area contributed by atoms with Gasteiger partial charge in [0.05, 0.1) is 6.04 Å². The van der Waals surface area contributed by atoms with Crippen LogP contribution in [0.5, 0.6) is 0 Å². The third-order valence-electron chi connectivity index (χ3n) is 6.51. The maximum absolute atomic E-state index is 13.0. The second kappa shape index (κ2) is 10.8. The summed E-state index contributed by atoms with van der Waals surface area (Å²) < 4.78 is 0. The lowest BCUT2D eigenvalue weighted by Crippen LogP contribution is -2.56. The van der Waals surface area contributed by atoms with Crippen LogP contribution in [0.15, 0.2) is 0 Å². The molecule has 2 saturated carbocycles. The van der Waals surface area contributed by atoms with E-state index in [-0.39, 0.29) is 24.3 Å².